The van der Waals surface area contributed by atoms with E-state index in [2.05, 4.69) is 13.8 Å². The number of hydrogen-bond donors (Lipinski definition) is 1. The summed E-state index contributed by atoms with van der Waals surface area (Å²) in [5.41, 5.74) is 1.96. The molecular weight excluding hydrogens is 280 g/mol. The number of carbonyl (C=O) groups is 2. The summed E-state index contributed by atoms with van der Waals surface area (Å²) in [7, 11) is 0. The van der Waals surface area contributed by atoms with Crippen LogP contribution in [0.4, 0.5) is 0 Å². The van der Waals surface area contributed by atoms with Gasteiger partial charge in [-0.05, 0) is 35.7 Å². The van der Waals surface area contributed by atoms with Crippen molar-refractivity contribution in [3.05, 3.63) is 65.2 Å². The topological polar surface area (TPSA) is 63.6 Å². The highest BCUT2D eigenvalue weighted by atomic mass is 16.5. The lowest BCUT2D eigenvalue weighted by molar-refractivity contribution is 0.0474. The smallest absolute Gasteiger partial charge is 0.338 e. The van der Waals surface area contributed by atoms with Crippen molar-refractivity contribution >= 4 is 11.8 Å². The van der Waals surface area contributed by atoms with Gasteiger partial charge < -0.3 is 9.84 Å². The van der Waals surface area contributed by atoms with E-state index in [4.69, 9.17) is 9.84 Å². The van der Waals surface area contributed by atoms with E-state index < -0.39 is 5.97 Å². The third-order valence-electron chi connectivity index (χ3n) is 3.34. The molecule has 0 heterocycles. The molecule has 0 aliphatic rings. The first-order valence-electron chi connectivity index (χ1n) is 7.06. The summed E-state index contributed by atoms with van der Waals surface area (Å²) >= 11 is 0. The maximum absolute atomic E-state index is 12.0. The van der Waals surface area contributed by atoms with Crippen LogP contribution in [0.3, 0.4) is 0 Å². The van der Waals surface area contributed by atoms with Crippen LogP contribution in [0.5, 0.6) is 5.75 Å². The highest BCUT2D eigenvalue weighted by molar-refractivity contribution is 5.99. The van der Waals surface area contributed by atoms with Gasteiger partial charge in [0.15, 0.2) is 12.4 Å². The minimum Gasteiger partial charge on any atom is -0.508 e. The Morgan fingerprint density at radius 2 is 1.50 bits per heavy atom. The Hall–Kier alpha value is -2.62. The number of esters is 1. The van der Waals surface area contributed by atoms with E-state index in [1.807, 2.05) is 12.1 Å². The molecular formula is C18H18O4. The largest absolute Gasteiger partial charge is 0.508 e. The molecule has 114 valence electrons. The molecule has 0 fully saturated rings. The highest BCUT2D eigenvalue weighted by Crippen LogP contribution is 2.15. The van der Waals surface area contributed by atoms with Gasteiger partial charge in [0.25, 0.3) is 0 Å². The van der Waals surface area contributed by atoms with E-state index in [0.29, 0.717) is 17.0 Å². The average Bonchev–Trinajstić information content (AvgIpc) is 2.53. The molecule has 0 atom stereocenters. The molecule has 0 saturated carbocycles. The predicted octanol–water partition coefficient (Wildman–Crippen LogP) is 3.56. The highest BCUT2D eigenvalue weighted by Gasteiger charge is 2.12. The molecule has 0 saturated heterocycles. The van der Waals surface area contributed by atoms with Crippen molar-refractivity contribution in [3.63, 3.8) is 0 Å². The van der Waals surface area contributed by atoms with E-state index in [-0.39, 0.29) is 18.1 Å². The molecule has 0 aliphatic heterocycles. The third-order valence-corrected chi connectivity index (χ3v) is 3.34. The van der Waals surface area contributed by atoms with Gasteiger partial charge in [-0.1, -0.05) is 38.1 Å². The van der Waals surface area contributed by atoms with Crippen molar-refractivity contribution in [1.29, 1.82) is 0 Å². The van der Waals surface area contributed by atoms with Crippen LogP contribution < -0.4 is 0 Å². The molecule has 22 heavy (non-hydrogen) atoms. The van der Waals surface area contributed by atoms with Crippen molar-refractivity contribution < 1.29 is 19.4 Å². The number of ether oxygens (including phenoxy) is 1. The molecule has 4 nitrogen and oxygen atoms in total. The number of aromatic hydroxyl groups is 1. The van der Waals surface area contributed by atoms with Crippen molar-refractivity contribution in [2.75, 3.05) is 6.61 Å². The summed E-state index contributed by atoms with van der Waals surface area (Å²) in [6.07, 6.45) is 0. The molecule has 2 rings (SSSR count). The fourth-order valence-electron chi connectivity index (χ4n) is 1.95. The molecule has 2 aromatic carbocycles. The zero-order valence-corrected chi connectivity index (χ0v) is 12.6. The van der Waals surface area contributed by atoms with Crippen molar-refractivity contribution in [2.24, 2.45) is 0 Å². The molecule has 1 N–H and O–H groups in total. The zero-order chi connectivity index (χ0) is 16.1. The van der Waals surface area contributed by atoms with Crippen LogP contribution in [0, 0.1) is 0 Å². The molecule has 0 amide bonds. The van der Waals surface area contributed by atoms with E-state index in [9.17, 15) is 9.59 Å². The summed E-state index contributed by atoms with van der Waals surface area (Å²) < 4.78 is 4.99. The normalized spacial score (nSPS) is 10.5. The molecule has 4 heteroatoms. The lowest BCUT2D eigenvalue weighted by Crippen LogP contribution is -2.14. The lowest BCUT2D eigenvalue weighted by Gasteiger charge is -2.07. The van der Waals surface area contributed by atoms with Crippen molar-refractivity contribution in [2.45, 2.75) is 19.8 Å². The van der Waals surface area contributed by atoms with Crippen LogP contribution in [-0.4, -0.2) is 23.5 Å². The first-order chi connectivity index (χ1) is 10.5. The second-order valence-corrected chi connectivity index (χ2v) is 5.32. The first-order valence-corrected chi connectivity index (χ1v) is 7.06. The minimum atomic E-state index is -0.591. The Labute approximate surface area is 129 Å². The Morgan fingerprint density at radius 1 is 0.955 bits per heavy atom. The molecule has 0 unspecified atom stereocenters. The van der Waals surface area contributed by atoms with Gasteiger partial charge in [0, 0.05) is 5.56 Å². The van der Waals surface area contributed by atoms with Gasteiger partial charge in [-0.25, -0.2) is 4.79 Å². The summed E-state index contributed by atoms with van der Waals surface area (Å²) in [6, 6.07) is 13.0. The molecule has 0 aliphatic carbocycles. The number of benzene rings is 2. The quantitative estimate of drug-likeness (QED) is 0.677. The maximum Gasteiger partial charge on any atom is 0.338 e. The predicted molar refractivity (Wildman–Crippen MR) is 83.3 cm³/mol. The number of Topliss-reactive ketones (excluding diaryl/α,β-unsaturated/α-hetero) is 1. The van der Waals surface area contributed by atoms with E-state index in [1.54, 1.807) is 12.1 Å². The van der Waals surface area contributed by atoms with Gasteiger partial charge in [-0.3, -0.25) is 4.79 Å². The number of carbonyl (C=O) groups excluding carboxylic acids is 2. The van der Waals surface area contributed by atoms with Gasteiger partial charge in [0.2, 0.25) is 0 Å². The summed E-state index contributed by atoms with van der Waals surface area (Å²) in [5, 5.41) is 9.16. The number of ketones is 1. The Kier molecular flexibility index (Phi) is 4.94. The SMILES string of the molecule is CC(C)c1ccc(C(=O)COC(=O)c2ccc(O)cc2)cc1. The molecule has 0 spiro atoms. The van der Waals surface area contributed by atoms with Crippen LogP contribution in [0.25, 0.3) is 0 Å². The second-order valence-electron chi connectivity index (χ2n) is 5.32. The monoisotopic (exact) mass is 298 g/mol. The number of phenols is 1. The molecule has 0 bridgehead atoms. The van der Waals surface area contributed by atoms with Crippen LogP contribution in [0.2, 0.25) is 0 Å². The van der Waals surface area contributed by atoms with Gasteiger partial charge >= 0.3 is 5.97 Å². The number of phenolic OH excluding ortho intramolecular Hbond substituents is 1. The van der Waals surface area contributed by atoms with Crippen LogP contribution in [-0.2, 0) is 4.74 Å². The maximum atomic E-state index is 12.0. The summed E-state index contributed by atoms with van der Waals surface area (Å²) in [4.78, 5) is 23.8. The van der Waals surface area contributed by atoms with Gasteiger partial charge in [-0.15, -0.1) is 0 Å². The van der Waals surface area contributed by atoms with Crippen LogP contribution >= 0.6 is 0 Å². The van der Waals surface area contributed by atoms with E-state index >= 15 is 0 Å². The number of rotatable bonds is 5. The van der Waals surface area contributed by atoms with Crippen LogP contribution in [0.1, 0.15) is 46.0 Å². The molecule has 2 aromatic rings. The summed E-state index contributed by atoms with van der Waals surface area (Å²) in [6.45, 7) is 3.85. The Morgan fingerprint density at radius 3 is 2.05 bits per heavy atom. The Bertz CT molecular complexity index is 654. The second kappa shape index (κ2) is 6.89. The fourth-order valence-corrected chi connectivity index (χ4v) is 1.95. The van der Waals surface area contributed by atoms with Crippen molar-refractivity contribution in [3.8, 4) is 5.75 Å². The van der Waals surface area contributed by atoms with Crippen LogP contribution in [0.15, 0.2) is 48.5 Å². The van der Waals surface area contributed by atoms with E-state index in [1.165, 1.54) is 24.3 Å². The fraction of sp³-hybridized carbons (Fsp3) is 0.222. The van der Waals surface area contributed by atoms with Gasteiger partial charge in [0.1, 0.15) is 5.75 Å². The molecule has 0 aromatic heterocycles. The minimum absolute atomic E-state index is 0.0675. The molecule has 0 radical (unpaired) electrons. The third kappa shape index (κ3) is 3.95. The Balaban J connectivity index is 1.94. The standard InChI is InChI=1S/C18H18O4/c1-12(2)13-3-5-14(6-4-13)17(20)11-22-18(21)15-7-9-16(19)10-8-15/h3-10,12,19H,11H2,1-2H3. The van der Waals surface area contributed by atoms with Gasteiger partial charge in [0.05, 0.1) is 5.56 Å². The first kappa shape index (κ1) is 15.8. The van der Waals surface area contributed by atoms with Crippen molar-refractivity contribution in [1.82, 2.24) is 0 Å². The van der Waals surface area contributed by atoms with Gasteiger partial charge in [-0.2, -0.15) is 0 Å². The number of hydrogen-bond acceptors (Lipinski definition) is 4. The average molecular weight is 298 g/mol. The summed E-state index contributed by atoms with van der Waals surface area (Å²) in [5.74, 6) is -0.371. The van der Waals surface area contributed by atoms with E-state index in [0.717, 1.165) is 5.56 Å². The zero-order valence-electron chi connectivity index (χ0n) is 12.6. The lowest BCUT2D eigenvalue weighted by atomic mass is 10.0.